The predicted octanol–water partition coefficient (Wildman–Crippen LogP) is 1.96. The van der Waals surface area contributed by atoms with Crippen LogP contribution in [-0.4, -0.2) is 36.6 Å². The average molecular weight is 240 g/mol. The molecule has 0 radical (unpaired) electrons. The highest BCUT2D eigenvalue weighted by Crippen LogP contribution is 2.23. The van der Waals surface area contributed by atoms with Gasteiger partial charge in [0.25, 0.3) is 0 Å². The number of hydrogen-bond acceptors (Lipinski definition) is 5. The molecular formula is C11H16N2O2S. The summed E-state index contributed by atoms with van der Waals surface area (Å²) in [7, 11) is 0. The van der Waals surface area contributed by atoms with Crippen molar-refractivity contribution in [1.82, 2.24) is 4.98 Å². The Morgan fingerprint density at radius 1 is 1.75 bits per heavy atom. The number of ether oxygens (including phenoxy) is 1. The first-order valence-electron chi connectivity index (χ1n) is 5.53. The van der Waals surface area contributed by atoms with Crippen LogP contribution >= 0.6 is 11.3 Å². The van der Waals surface area contributed by atoms with Crippen molar-refractivity contribution in [3.8, 4) is 0 Å². The molecular weight excluding hydrogens is 224 g/mol. The van der Waals surface area contributed by atoms with Gasteiger partial charge in [0.15, 0.2) is 10.9 Å². The first kappa shape index (κ1) is 11.5. The van der Waals surface area contributed by atoms with Gasteiger partial charge in [-0.25, -0.2) is 4.98 Å². The van der Waals surface area contributed by atoms with Crippen LogP contribution in [0.1, 0.15) is 30.8 Å². The molecule has 0 aliphatic carbocycles. The normalized spacial score (nSPS) is 21.1. The molecule has 1 aliphatic rings. The van der Waals surface area contributed by atoms with E-state index in [-0.39, 0.29) is 5.78 Å². The fourth-order valence-electron chi connectivity index (χ4n) is 1.71. The van der Waals surface area contributed by atoms with Crippen LogP contribution in [0, 0.1) is 0 Å². The summed E-state index contributed by atoms with van der Waals surface area (Å²) in [6.07, 6.45) is 1.31. The van der Waals surface area contributed by atoms with Crippen molar-refractivity contribution < 1.29 is 9.53 Å². The molecule has 0 spiro atoms. The van der Waals surface area contributed by atoms with Crippen molar-refractivity contribution in [1.29, 1.82) is 0 Å². The van der Waals surface area contributed by atoms with E-state index in [1.54, 1.807) is 6.92 Å². The van der Waals surface area contributed by atoms with Gasteiger partial charge in [-0.3, -0.25) is 4.79 Å². The summed E-state index contributed by atoms with van der Waals surface area (Å²) in [5.74, 6) is 0.0304. The Morgan fingerprint density at radius 3 is 3.19 bits per heavy atom. The number of hydrogen-bond donors (Lipinski definition) is 0. The van der Waals surface area contributed by atoms with Crippen LogP contribution in [-0.2, 0) is 4.74 Å². The summed E-state index contributed by atoms with van der Waals surface area (Å²) in [6, 6.07) is 0. The number of thiazole rings is 1. The molecule has 1 aliphatic heterocycles. The fourth-order valence-corrected chi connectivity index (χ4v) is 2.61. The lowest BCUT2D eigenvalue weighted by atomic mass is 10.2. The Morgan fingerprint density at radius 2 is 2.56 bits per heavy atom. The van der Waals surface area contributed by atoms with Gasteiger partial charge in [-0.05, 0) is 6.42 Å². The number of nitrogens with zero attached hydrogens (tertiary/aromatic N) is 2. The summed E-state index contributed by atoms with van der Waals surface area (Å²) in [6.45, 7) is 6.15. The van der Waals surface area contributed by atoms with Crippen LogP contribution < -0.4 is 4.90 Å². The maximum atomic E-state index is 11.2. The molecule has 1 aromatic rings. The van der Waals surface area contributed by atoms with Crippen LogP contribution in [0.3, 0.4) is 0 Å². The molecule has 2 heterocycles. The second-order valence-electron chi connectivity index (χ2n) is 3.92. The molecule has 1 unspecified atom stereocenters. The number of ketones is 1. The highest BCUT2D eigenvalue weighted by Gasteiger charge is 2.21. The Labute approximate surface area is 99.2 Å². The second kappa shape index (κ2) is 4.93. The largest absolute Gasteiger partial charge is 0.375 e. The Balaban J connectivity index is 2.08. The Bertz CT molecular complexity index is 378. The van der Waals surface area contributed by atoms with Crippen molar-refractivity contribution in [2.24, 2.45) is 0 Å². The van der Waals surface area contributed by atoms with Crippen molar-refractivity contribution >= 4 is 22.3 Å². The van der Waals surface area contributed by atoms with E-state index >= 15 is 0 Å². The molecule has 88 valence electrons. The van der Waals surface area contributed by atoms with Gasteiger partial charge in [0.1, 0.15) is 5.69 Å². The van der Waals surface area contributed by atoms with Gasteiger partial charge in [-0.15, -0.1) is 11.3 Å². The number of anilines is 1. The first-order valence-corrected chi connectivity index (χ1v) is 6.41. The molecule has 1 atom stereocenters. The van der Waals surface area contributed by atoms with Gasteiger partial charge in [-0.1, -0.05) is 6.92 Å². The highest BCUT2D eigenvalue weighted by atomic mass is 32.1. The van der Waals surface area contributed by atoms with E-state index in [1.165, 1.54) is 11.3 Å². The maximum Gasteiger partial charge on any atom is 0.186 e. The minimum atomic E-state index is 0.0304. The van der Waals surface area contributed by atoms with Crippen LogP contribution in [0.25, 0.3) is 0 Å². The molecule has 0 bridgehead atoms. The third kappa shape index (κ3) is 2.41. The summed E-state index contributed by atoms with van der Waals surface area (Å²) in [4.78, 5) is 17.7. The lowest BCUT2D eigenvalue weighted by Gasteiger charge is -2.32. The highest BCUT2D eigenvalue weighted by molar-refractivity contribution is 7.13. The predicted molar refractivity (Wildman–Crippen MR) is 64.4 cm³/mol. The van der Waals surface area contributed by atoms with Crippen LogP contribution in [0.4, 0.5) is 5.13 Å². The quantitative estimate of drug-likeness (QED) is 0.757. The van der Waals surface area contributed by atoms with Gasteiger partial charge in [0.2, 0.25) is 0 Å². The number of carbonyl (C=O) groups is 1. The summed E-state index contributed by atoms with van der Waals surface area (Å²) >= 11 is 1.54. The molecule has 16 heavy (non-hydrogen) atoms. The minimum Gasteiger partial charge on any atom is -0.375 e. The Kier molecular flexibility index (Phi) is 3.56. The van der Waals surface area contributed by atoms with E-state index in [0.717, 1.165) is 31.2 Å². The molecule has 5 heteroatoms. The standard InChI is InChI=1S/C11H16N2O2S/c1-3-9-6-13(4-5-15-9)11-12-10(7-16-11)8(2)14/h7,9H,3-6H2,1-2H3. The SMILES string of the molecule is CCC1CN(c2nc(C(C)=O)cs2)CCO1. The molecule has 4 nitrogen and oxygen atoms in total. The van der Waals surface area contributed by atoms with Crippen molar-refractivity contribution in [3.05, 3.63) is 11.1 Å². The van der Waals surface area contributed by atoms with Gasteiger partial charge < -0.3 is 9.64 Å². The zero-order chi connectivity index (χ0) is 11.5. The number of aromatic nitrogens is 1. The number of carbonyl (C=O) groups excluding carboxylic acids is 1. The van der Waals surface area contributed by atoms with Crippen LogP contribution in [0.2, 0.25) is 0 Å². The number of Topliss-reactive ketones (excluding diaryl/α,β-unsaturated/α-hetero) is 1. The van der Waals surface area contributed by atoms with Crippen LogP contribution in [0.5, 0.6) is 0 Å². The van der Waals surface area contributed by atoms with E-state index in [9.17, 15) is 4.79 Å². The smallest absolute Gasteiger partial charge is 0.186 e. The van der Waals surface area contributed by atoms with Crippen LogP contribution in [0.15, 0.2) is 5.38 Å². The zero-order valence-corrected chi connectivity index (χ0v) is 10.4. The number of rotatable bonds is 3. The lowest BCUT2D eigenvalue weighted by Crippen LogP contribution is -2.42. The van der Waals surface area contributed by atoms with E-state index in [2.05, 4.69) is 16.8 Å². The van der Waals surface area contributed by atoms with E-state index in [4.69, 9.17) is 4.74 Å². The lowest BCUT2D eigenvalue weighted by molar-refractivity contribution is 0.0384. The topological polar surface area (TPSA) is 42.4 Å². The van der Waals surface area contributed by atoms with Gasteiger partial charge in [0.05, 0.1) is 12.7 Å². The minimum absolute atomic E-state index is 0.0304. The maximum absolute atomic E-state index is 11.2. The van der Waals surface area contributed by atoms with Crippen molar-refractivity contribution in [2.75, 3.05) is 24.6 Å². The summed E-state index contributed by atoms with van der Waals surface area (Å²) < 4.78 is 5.60. The third-order valence-electron chi connectivity index (χ3n) is 2.72. The first-order chi connectivity index (χ1) is 7.70. The van der Waals surface area contributed by atoms with Gasteiger partial charge in [-0.2, -0.15) is 0 Å². The number of morpholine rings is 1. The molecule has 1 aromatic heterocycles. The zero-order valence-electron chi connectivity index (χ0n) is 9.60. The molecule has 1 saturated heterocycles. The molecule has 0 saturated carbocycles. The van der Waals surface area contributed by atoms with E-state index in [1.807, 2.05) is 5.38 Å². The second-order valence-corrected chi connectivity index (χ2v) is 4.76. The molecule has 0 N–H and O–H groups in total. The van der Waals surface area contributed by atoms with Gasteiger partial charge >= 0.3 is 0 Å². The third-order valence-corrected chi connectivity index (χ3v) is 3.62. The van der Waals surface area contributed by atoms with E-state index < -0.39 is 0 Å². The van der Waals surface area contributed by atoms with E-state index in [0.29, 0.717) is 11.8 Å². The molecule has 0 amide bonds. The van der Waals surface area contributed by atoms with Gasteiger partial charge in [0, 0.05) is 25.4 Å². The molecule has 2 rings (SSSR count). The fraction of sp³-hybridized carbons (Fsp3) is 0.636. The Hall–Kier alpha value is -0.940. The van der Waals surface area contributed by atoms with Crippen molar-refractivity contribution in [2.45, 2.75) is 26.4 Å². The summed E-state index contributed by atoms with van der Waals surface area (Å²) in [5.41, 5.74) is 0.569. The monoisotopic (exact) mass is 240 g/mol. The van der Waals surface area contributed by atoms with Crippen molar-refractivity contribution in [3.63, 3.8) is 0 Å². The average Bonchev–Trinajstić information content (AvgIpc) is 2.78. The molecule has 1 fully saturated rings. The molecule has 0 aromatic carbocycles. The summed E-state index contributed by atoms with van der Waals surface area (Å²) in [5, 5.41) is 2.76.